The van der Waals surface area contributed by atoms with E-state index in [2.05, 4.69) is 10.4 Å². The second-order valence-corrected chi connectivity index (χ2v) is 7.67. The van der Waals surface area contributed by atoms with Crippen molar-refractivity contribution in [3.05, 3.63) is 87.2 Å². The van der Waals surface area contributed by atoms with Crippen molar-refractivity contribution in [3.63, 3.8) is 0 Å². The summed E-state index contributed by atoms with van der Waals surface area (Å²) in [6.45, 7) is 1.54. The molecule has 160 valence electrons. The van der Waals surface area contributed by atoms with Gasteiger partial charge in [0.15, 0.2) is 0 Å². The van der Waals surface area contributed by atoms with E-state index in [-0.39, 0.29) is 17.6 Å². The van der Waals surface area contributed by atoms with E-state index in [1.165, 1.54) is 16.8 Å². The number of nitrogens with one attached hydrogen (secondary N) is 1. The summed E-state index contributed by atoms with van der Waals surface area (Å²) in [4.78, 5) is 24.6. The van der Waals surface area contributed by atoms with Gasteiger partial charge in [0.05, 0.1) is 11.8 Å². The van der Waals surface area contributed by atoms with Crippen molar-refractivity contribution < 1.29 is 14.3 Å². The van der Waals surface area contributed by atoms with Crippen molar-refractivity contribution in [1.82, 2.24) is 15.1 Å². The van der Waals surface area contributed by atoms with Crippen molar-refractivity contribution in [1.29, 1.82) is 0 Å². The molecule has 2 aromatic carbocycles. The topological polar surface area (TPSA) is 82.4 Å². The number of hydrogen-bond donors (Lipinski definition) is 1. The Balaban J connectivity index is 1.42. The van der Waals surface area contributed by atoms with Gasteiger partial charge in [-0.3, -0.25) is 9.59 Å². The zero-order valence-electron chi connectivity index (χ0n) is 16.8. The van der Waals surface area contributed by atoms with E-state index >= 15 is 0 Å². The molecule has 2 heterocycles. The van der Waals surface area contributed by atoms with Crippen molar-refractivity contribution in [2.24, 2.45) is 0 Å². The Hall–Kier alpha value is -3.16. The highest BCUT2D eigenvalue weighted by Crippen LogP contribution is 2.14. The van der Waals surface area contributed by atoms with Gasteiger partial charge in [0.1, 0.15) is 6.61 Å². The predicted octanol–water partition coefficient (Wildman–Crippen LogP) is 3.37. The zero-order valence-corrected chi connectivity index (χ0v) is 17.5. The van der Waals surface area contributed by atoms with Gasteiger partial charge in [-0.2, -0.15) is 4.68 Å². The van der Waals surface area contributed by atoms with Gasteiger partial charge in [-0.15, -0.1) is 5.10 Å². The molecule has 1 saturated heterocycles. The number of amides is 1. The first-order chi connectivity index (χ1) is 15.1. The first-order valence-corrected chi connectivity index (χ1v) is 10.4. The van der Waals surface area contributed by atoms with Crippen LogP contribution in [0.1, 0.15) is 28.8 Å². The normalized spacial score (nSPS) is 15.6. The maximum atomic E-state index is 12.3. The van der Waals surface area contributed by atoms with Crippen LogP contribution in [0.3, 0.4) is 0 Å². The first-order valence-electron chi connectivity index (χ1n) is 10.1. The molecular formula is C23H22ClN3O4. The molecule has 0 aliphatic carbocycles. The maximum absolute atomic E-state index is 12.3. The molecule has 0 bridgehead atoms. The van der Waals surface area contributed by atoms with Crippen LogP contribution in [-0.2, 0) is 11.3 Å². The molecule has 4 rings (SSSR count). The number of ether oxygens (including phenoxy) is 2. The van der Waals surface area contributed by atoms with Crippen LogP contribution in [0.25, 0.3) is 5.69 Å². The molecule has 1 aliphatic rings. The highest BCUT2D eigenvalue weighted by molar-refractivity contribution is 6.30. The van der Waals surface area contributed by atoms with Crippen LogP contribution >= 0.6 is 11.6 Å². The van der Waals surface area contributed by atoms with E-state index < -0.39 is 0 Å². The fraction of sp³-hybridized carbons (Fsp3) is 0.261. The number of hydrogen-bond acceptors (Lipinski definition) is 5. The highest BCUT2D eigenvalue weighted by Gasteiger charge is 2.16. The molecule has 1 atom stereocenters. The van der Waals surface area contributed by atoms with E-state index in [0.29, 0.717) is 35.3 Å². The van der Waals surface area contributed by atoms with E-state index in [4.69, 9.17) is 21.1 Å². The maximum Gasteiger partial charge on any atom is 0.271 e. The Morgan fingerprint density at radius 2 is 1.90 bits per heavy atom. The van der Waals surface area contributed by atoms with Gasteiger partial charge in [0.2, 0.25) is 5.88 Å². The zero-order chi connectivity index (χ0) is 21.6. The summed E-state index contributed by atoms with van der Waals surface area (Å²) in [5.41, 5.74) is 1.68. The minimum absolute atomic E-state index is 0.0848. The molecule has 8 heteroatoms. The largest absolute Gasteiger partial charge is 0.472 e. The van der Waals surface area contributed by atoms with Crippen LogP contribution in [0.2, 0.25) is 5.02 Å². The Bertz CT molecular complexity index is 1090. The lowest BCUT2D eigenvalue weighted by Crippen LogP contribution is -2.31. The number of rotatable bonds is 7. The molecule has 3 aromatic rings. The lowest BCUT2D eigenvalue weighted by atomic mass is 10.2. The van der Waals surface area contributed by atoms with Gasteiger partial charge in [-0.05, 0) is 54.8 Å². The van der Waals surface area contributed by atoms with Crippen molar-refractivity contribution in [2.45, 2.75) is 25.6 Å². The van der Waals surface area contributed by atoms with Crippen LogP contribution in [0.15, 0.2) is 65.5 Å². The van der Waals surface area contributed by atoms with Gasteiger partial charge >= 0.3 is 0 Å². The third kappa shape index (κ3) is 5.51. The SMILES string of the molecule is O=C(NC[C@H]1CCCO1)c1ccc(-n2nc(OCc3ccc(Cl)cc3)ccc2=O)cc1. The van der Waals surface area contributed by atoms with Crippen LogP contribution in [0, 0.1) is 0 Å². The van der Waals surface area contributed by atoms with Crippen molar-refractivity contribution in [3.8, 4) is 11.6 Å². The number of carbonyl (C=O) groups excluding carboxylic acids is 1. The summed E-state index contributed by atoms with van der Waals surface area (Å²) in [5, 5.41) is 7.81. The molecule has 0 unspecified atom stereocenters. The Labute approximate surface area is 184 Å². The molecular weight excluding hydrogens is 418 g/mol. The van der Waals surface area contributed by atoms with Crippen LogP contribution in [-0.4, -0.2) is 34.9 Å². The van der Waals surface area contributed by atoms with E-state index in [1.54, 1.807) is 36.4 Å². The minimum Gasteiger partial charge on any atom is -0.472 e. The summed E-state index contributed by atoms with van der Waals surface area (Å²) >= 11 is 5.89. The highest BCUT2D eigenvalue weighted by atomic mass is 35.5. The quantitative estimate of drug-likeness (QED) is 0.610. The average Bonchev–Trinajstić information content (AvgIpc) is 3.32. The summed E-state index contributed by atoms with van der Waals surface area (Å²) in [7, 11) is 0. The monoisotopic (exact) mass is 439 g/mol. The number of halogens is 1. The summed E-state index contributed by atoms with van der Waals surface area (Å²) in [6, 6.07) is 16.9. The van der Waals surface area contributed by atoms with Crippen LogP contribution < -0.4 is 15.6 Å². The molecule has 1 amide bonds. The van der Waals surface area contributed by atoms with Gasteiger partial charge in [0.25, 0.3) is 11.5 Å². The second kappa shape index (κ2) is 9.76. The average molecular weight is 440 g/mol. The molecule has 31 heavy (non-hydrogen) atoms. The molecule has 1 N–H and O–H groups in total. The van der Waals surface area contributed by atoms with Crippen molar-refractivity contribution >= 4 is 17.5 Å². The molecule has 1 aromatic heterocycles. The Morgan fingerprint density at radius 3 is 2.61 bits per heavy atom. The summed E-state index contributed by atoms with van der Waals surface area (Å²) < 4.78 is 12.5. The molecule has 0 saturated carbocycles. The van der Waals surface area contributed by atoms with E-state index in [0.717, 1.165) is 25.0 Å². The molecule has 0 radical (unpaired) electrons. The Morgan fingerprint density at radius 1 is 1.13 bits per heavy atom. The van der Waals surface area contributed by atoms with E-state index in [1.807, 2.05) is 12.1 Å². The summed E-state index contributed by atoms with van der Waals surface area (Å²) in [5.74, 6) is 0.135. The molecule has 1 aliphatic heterocycles. The first kappa shape index (κ1) is 21.1. The van der Waals surface area contributed by atoms with Crippen LogP contribution in [0.5, 0.6) is 5.88 Å². The van der Waals surface area contributed by atoms with E-state index in [9.17, 15) is 9.59 Å². The number of nitrogens with zero attached hydrogens (tertiary/aromatic N) is 2. The van der Waals surface area contributed by atoms with Gasteiger partial charge in [-0.25, -0.2) is 0 Å². The predicted molar refractivity (Wildman–Crippen MR) is 117 cm³/mol. The number of aromatic nitrogens is 2. The fourth-order valence-electron chi connectivity index (χ4n) is 3.26. The molecule has 1 fully saturated rings. The summed E-state index contributed by atoms with van der Waals surface area (Å²) in [6.07, 6.45) is 2.07. The minimum atomic E-state index is -0.297. The molecule has 7 nitrogen and oxygen atoms in total. The standard InChI is InChI=1S/C23H22ClN3O4/c24-18-7-3-16(4-8-18)15-31-21-11-12-22(28)27(26-21)19-9-5-17(6-10-19)23(29)25-14-20-2-1-13-30-20/h3-12,20H,1-2,13-15H2,(H,25,29)/t20-/m1/s1. The number of carbonyl (C=O) groups is 1. The number of benzene rings is 2. The fourth-order valence-corrected chi connectivity index (χ4v) is 3.39. The van der Waals surface area contributed by atoms with Gasteiger partial charge < -0.3 is 14.8 Å². The lowest BCUT2D eigenvalue weighted by Gasteiger charge is -2.11. The Kier molecular flexibility index (Phi) is 6.64. The molecule has 0 spiro atoms. The van der Waals surface area contributed by atoms with Gasteiger partial charge in [-0.1, -0.05) is 23.7 Å². The smallest absolute Gasteiger partial charge is 0.271 e. The van der Waals surface area contributed by atoms with Crippen molar-refractivity contribution in [2.75, 3.05) is 13.2 Å². The van der Waals surface area contributed by atoms with Crippen LogP contribution in [0.4, 0.5) is 0 Å². The third-order valence-corrected chi connectivity index (χ3v) is 5.22. The van der Waals surface area contributed by atoms with Gasteiger partial charge in [0, 0.05) is 35.9 Å². The second-order valence-electron chi connectivity index (χ2n) is 7.23. The third-order valence-electron chi connectivity index (χ3n) is 4.96. The lowest BCUT2D eigenvalue weighted by molar-refractivity contribution is 0.0858.